The van der Waals surface area contributed by atoms with Gasteiger partial charge in [-0.15, -0.1) is 0 Å². The van der Waals surface area contributed by atoms with Crippen LogP contribution in [0.2, 0.25) is 0 Å². The van der Waals surface area contributed by atoms with E-state index in [4.69, 9.17) is 9.84 Å². The Morgan fingerprint density at radius 2 is 1.85 bits per heavy atom. The average molecular weight is 368 g/mol. The fourth-order valence-corrected chi connectivity index (χ4v) is 2.65. The maximum atomic E-state index is 11.2. The first kappa shape index (κ1) is 18.2. The molecule has 0 fully saturated rings. The molecule has 8 heteroatoms. The highest BCUT2D eigenvalue weighted by Crippen LogP contribution is 2.37. The van der Waals surface area contributed by atoms with E-state index in [1.165, 1.54) is 0 Å². The summed E-state index contributed by atoms with van der Waals surface area (Å²) >= 11 is 0. The summed E-state index contributed by atoms with van der Waals surface area (Å²) in [4.78, 5) is 27.0. The van der Waals surface area contributed by atoms with E-state index in [0.717, 1.165) is 4.90 Å². The monoisotopic (exact) mass is 368 g/mol. The Bertz CT molecular complexity index is 990. The molecule has 27 heavy (non-hydrogen) atoms. The van der Waals surface area contributed by atoms with Gasteiger partial charge in [-0.3, -0.25) is 14.5 Å². The van der Waals surface area contributed by atoms with Gasteiger partial charge in [-0.05, 0) is 30.3 Å². The number of aromatic hydroxyl groups is 1. The molecule has 0 saturated heterocycles. The smallest absolute Gasteiger partial charge is 0.323 e. The number of aliphatic carboxylic acids is 1. The highest BCUT2D eigenvalue weighted by molar-refractivity contribution is 5.97. The number of carboxylic acid groups (broad SMARTS) is 1. The molecule has 0 saturated carbocycles. The molecule has 0 spiro atoms. The van der Waals surface area contributed by atoms with Crippen molar-refractivity contribution in [3.05, 3.63) is 54.2 Å². The summed E-state index contributed by atoms with van der Waals surface area (Å²) in [5, 5.41) is 29.8. The van der Waals surface area contributed by atoms with Crippen LogP contribution in [0.1, 0.15) is 5.69 Å². The molecule has 1 amide bonds. The summed E-state index contributed by atoms with van der Waals surface area (Å²) in [6.07, 6.45) is 0.260. The van der Waals surface area contributed by atoms with Crippen molar-refractivity contribution in [2.24, 2.45) is 0 Å². The number of aliphatic hydroxyl groups is 1. The molecule has 3 aromatic rings. The van der Waals surface area contributed by atoms with Crippen LogP contribution in [-0.2, 0) is 16.2 Å². The standard InChI is InChI=1S/C19H16N2O6/c22-10-16-15-8-13(27-12-4-2-1-3-5-12)6-7-14(15)18(26)19(20-16)21(11-23)9-17(24)25/h1-8,11,22,26H,9-10H2,(H,24,25). The number of carboxylic acids is 1. The third kappa shape index (κ3) is 3.80. The summed E-state index contributed by atoms with van der Waals surface area (Å²) in [6, 6.07) is 13.8. The number of para-hydroxylation sites is 1. The van der Waals surface area contributed by atoms with Crippen LogP contribution in [0.5, 0.6) is 17.2 Å². The zero-order valence-corrected chi connectivity index (χ0v) is 14.1. The van der Waals surface area contributed by atoms with Gasteiger partial charge < -0.3 is 20.1 Å². The molecule has 0 bridgehead atoms. The quantitative estimate of drug-likeness (QED) is 0.547. The van der Waals surface area contributed by atoms with Crippen LogP contribution in [0.4, 0.5) is 5.82 Å². The molecular formula is C19H16N2O6. The van der Waals surface area contributed by atoms with Crippen molar-refractivity contribution >= 4 is 29.0 Å². The van der Waals surface area contributed by atoms with Gasteiger partial charge in [0.25, 0.3) is 0 Å². The molecule has 0 atom stereocenters. The lowest BCUT2D eigenvalue weighted by molar-refractivity contribution is -0.136. The van der Waals surface area contributed by atoms with E-state index in [1.807, 2.05) is 18.2 Å². The molecule has 3 N–H and O–H groups in total. The molecule has 0 radical (unpaired) electrons. The normalized spacial score (nSPS) is 10.6. The minimum absolute atomic E-state index is 0.175. The van der Waals surface area contributed by atoms with E-state index in [1.54, 1.807) is 30.3 Å². The van der Waals surface area contributed by atoms with E-state index < -0.39 is 19.1 Å². The second kappa shape index (κ2) is 7.71. The van der Waals surface area contributed by atoms with Crippen LogP contribution >= 0.6 is 0 Å². The van der Waals surface area contributed by atoms with Crippen molar-refractivity contribution in [2.45, 2.75) is 6.61 Å². The van der Waals surface area contributed by atoms with Gasteiger partial charge in [0.2, 0.25) is 6.41 Å². The highest BCUT2D eigenvalue weighted by atomic mass is 16.5. The summed E-state index contributed by atoms with van der Waals surface area (Å²) in [7, 11) is 0. The number of hydrogen-bond donors (Lipinski definition) is 3. The molecule has 8 nitrogen and oxygen atoms in total. The number of hydrogen-bond acceptors (Lipinski definition) is 6. The lowest BCUT2D eigenvalue weighted by Crippen LogP contribution is -2.29. The van der Waals surface area contributed by atoms with Gasteiger partial charge >= 0.3 is 5.97 Å². The van der Waals surface area contributed by atoms with Crippen molar-refractivity contribution < 1.29 is 29.6 Å². The second-order valence-corrected chi connectivity index (χ2v) is 5.64. The van der Waals surface area contributed by atoms with Gasteiger partial charge in [-0.2, -0.15) is 0 Å². The second-order valence-electron chi connectivity index (χ2n) is 5.64. The summed E-state index contributed by atoms with van der Waals surface area (Å²) in [6.45, 7) is -1.14. The molecule has 1 heterocycles. The Labute approximate surface area is 153 Å². The van der Waals surface area contributed by atoms with Crippen molar-refractivity contribution in [1.29, 1.82) is 0 Å². The zero-order chi connectivity index (χ0) is 19.4. The minimum atomic E-state index is -1.26. The van der Waals surface area contributed by atoms with Crippen LogP contribution in [0, 0.1) is 0 Å². The highest BCUT2D eigenvalue weighted by Gasteiger charge is 2.20. The average Bonchev–Trinajstić information content (AvgIpc) is 2.67. The van der Waals surface area contributed by atoms with E-state index in [9.17, 15) is 19.8 Å². The van der Waals surface area contributed by atoms with Gasteiger partial charge in [-0.25, -0.2) is 4.98 Å². The van der Waals surface area contributed by atoms with Crippen molar-refractivity contribution in [2.75, 3.05) is 11.4 Å². The van der Waals surface area contributed by atoms with Crippen molar-refractivity contribution in [3.63, 3.8) is 0 Å². The maximum Gasteiger partial charge on any atom is 0.323 e. The van der Waals surface area contributed by atoms with Crippen LogP contribution in [0.15, 0.2) is 48.5 Å². The van der Waals surface area contributed by atoms with E-state index in [0.29, 0.717) is 22.3 Å². The number of carbonyl (C=O) groups excluding carboxylic acids is 1. The number of aliphatic hydroxyl groups excluding tert-OH is 1. The number of anilines is 1. The molecule has 0 aliphatic rings. The maximum absolute atomic E-state index is 11.2. The van der Waals surface area contributed by atoms with E-state index in [2.05, 4.69) is 4.98 Å². The third-order valence-electron chi connectivity index (χ3n) is 3.84. The molecule has 3 rings (SSSR count). The Morgan fingerprint density at radius 1 is 1.11 bits per heavy atom. The lowest BCUT2D eigenvalue weighted by Gasteiger charge is -2.18. The summed E-state index contributed by atoms with van der Waals surface area (Å²) in [5.74, 6) is -0.775. The Kier molecular flexibility index (Phi) is 5.18. The first-order chi connectivity index (χ1) is 13.0. The predicted molar refractivity (Wildman–Crippen MR) is 96.9 cm³/mol. The SMILES string of the molecule is O=CN(CC(=O)O)c1nc(CO)c2cc(Oc3ccccc3)ccc2c1O. The van der Waals surface area contributed by atoms with Gasteiger partial charge in [0.05, 0.1) is 12.3 Å². The number of fused-ring (bicyclic) bond motifs is 1. The number of carbonyl (C=O) groups is 2. The van der Waals surface area contributed by atoms with Crippen LogP contribution in [0.3, 0.4) is 0 Å². The largest absolute Gasteiger partial charge is 0.504 e. The summed E-state index contributed by atoms with van der Waals surface area (Å²) in [5.41, 5.74) is 0.175. The topological polar surface area (TPSA) is 120 Å². The van der Waals surface area contributed by atoms with E-state index >= 15 is 0 Å². The van der Waals surface area contributed by atoms with E-state index in [-0.39, 0.29) is 23.7 Å². The van der Waals surface area contributed by atoms with Crippen molar-refractivity contribution in [1.82, 2.24) is 4.98 Å². The van der Waals surface area contributed by atoms with Crippen LogP contribution in [-0.4, -0.2) is 39.2 Å². The first-order valence-corrected chi connectivity index (χ1v) is 7.96. The fourth-order valence-electron chi connectivity index (χ4n) is 2.65. The number of rotatable bonds is 7. The number of benzene rings is 2. The molecule has 0 aliphatic carbocycles. The summed E-state index contributed by atoms with van der Waals surface area (Å²) < 4.78 is 5.74. The van der Waals surface area contributed by atoms with Crippen molar-refractivity contribution in [3.8, 4) is 17.2 Å². The van der Waals surface area contributed by atoms with Crippen LogP contribution in [0.25, 0.3) is 10.8 Å². The first-order valence-electron chi connectivity index (χ1n) is 7.96. The lowest BCUT2D eigenvalue weighted by atomic mass is 10.1. The number of pyridine rings is 1. The number of ether oxygens (including phenoxy) is 1. The van der Waals surface area contributed by atoms with Gasteiger partial charge in [0.1, 0.15) is 18.0 Å². The molecule has 138 valence electrons. The van der Waals surface area contributed by atoms with Gasteiger partial charge in [-0.1, -0.05) is 18.2 Å². The molecule has 0 unspecified atom stereocenters. The predicted octanol–water partition coefficient (Wildman–Crippen LogP) is 2.27. The third-order valence-corrected chi connectivity index (χ3v) is 3.84. The fraction of sp³-hybridized carbons (Fsp3) is 0.105. The zero-order valence-electron chi connectivity index (χ0n) is 14.1. The Morgan fingerprint density at radius 3 is 2.48 bits per heavy atom. The number of aromatic nitrogens is 1. The molecular weight excluding hydrogens is 352 g/mol. The molecule has 1 aromatic heterocycles. The number of nitrogens with zero attached hydrogens (tertiary/aromatic N) is 2. The molecule has 0 aliphatic heterocycles. The minimum Gasteiger partial charge on any atom is -0.504 e. The Hall–Kier alpha value is -3.65. The molecule has 2 aromatic carbocycles. The Balaban J connectivity index is 2.08. The van der Waals surface area contributed by atoms with Gasteiger partial charge in [0.15, 0.2) is 11.6 Å². The number of amides is 1. The van der Waals surface area contributed by atoms with Crippen LogP contribution < -0.4 is 9.64 Å². The van der Waals surface area contributed by atoms with Gasteiger partial charge in [0, 0.05) is 10.8 Å².